The molecular formula is C19H27NO4. The minimum Gasteiger partial charge on any atom is -0.493 e. The predicted octanol–water partition coefficient (Wildman–Crippen LogP) is 2.94. The summed E-state index contributed by atoms with van der Waals surface area (Å²) in [7, 11) is 3.16. The number of Topliss-reactive ketones (excluding diaryl/α,β-unsaturated/α-hetero) is 1. The van der Waals surface area contributed by atoms with Gasteiger partial charge in [-0.15, -0.1) is 6.58 Å². The van der Waals surface area contributed by atoms with E-state index in [2.05, 4.69) is 18.4 Å². The highest BCUT2D eigenvalue weighted by Gasteiger charge is 2.42. The Balaban J connectivity index is 2.41. The lowest BCUT2D eigenvalue weighted by Gasteiger charge is -2.43. The molecule has 1 saturated heterocycles. The molecule has 0 radical (unpaired) electrons. The van der Waals surface area contributed by atoms with Gasteiger partial charge in [-0.2, -0.15) is 0 Å². The summed E-state index contributed by atoms with van der Waals surface area (Å²) in [5, 5.41) is 0. The molecule has 0 amide bonds. The molecule has 24 heavy (non-hydrogen) atoms. The molecule has 5 nitrogen and oxygen atoms in total. The first-order chi connectivity index (χ1) is 11.6. The second kappa shape index (κ2) is 8.31. The number of hydrogen-bond donors (Lipinski definition) is 0. The number of morpholine rings is 1. The van der Waals surface area contributed by atoms with Crippen LogP contribution in [-0.4, -0.2) is 56.7 Å². The van der Waals surface area contributed by atoms with Crippen molar-refractivity contribution < 1.29 is 19.0 Å². The number of ketones is 1. The fourth-order valence-electron chi connectivity index (χ4n) is 3.37. The summed E-state index contributed by atoms with van der Waals surface area (Å²) in [4.78, 5) is 15.7. The van der Waals surface area contributed by atoms with Gasteiger partial charge in [0, 0.05) is 18.7 Å². The molecule has 1 aromatic carbocycles. The monoisotopic (exact) mass is 333 g/mol. The fourth-order valence-corrected chi connectivity index (χ4v) is 3.37. The maximum absolute atomic E-state index is 13.4. The first-order valence-electron chi connectivity index (χ1n) is 8.33. The quantitative estimate of drug-likeness (QED) is 0.541. The number of nitrogens with zero attached hydrogens (tertiary/aromatic N) is 1. The number of methoxy groups -OCH3 is 2. The molecule has 1 unspecified atom stereocenters. The van der Waals surface area contributed by atoms with E-state index in [1.807, 2.05) is 6.08 Å². The third kappa shape index (κ3) is 3.47. The zero-order valence-corrected chi connectivity index (χ0v) is 14.8. The van der Waals surface area contributed by atoms with E-state index < -0.39 is 5.54 Å². The van der Waals surface area contributed by atoms with Crippen LogP contribution < -0.4 is 9.47 Å². The van der Waals surface area contributed by atoms with Crippen LogP contribution in [-0.2, 0) is 4.74 Å². The molecule has 1 fully saturated rings. The molecule has 1 aromatic rings. The smallest absolute Gasteiger partial charge is 0.183 e. The van der Waals surface area contributed by atoms with Crippen molar-refractivity contribution in [3.05, 3.63) is 36.4 Å². The molecular weight excluding hydrogens is 306 g/mol. The standard InChI is InChI=1S/C19H27NO4/c1-5-9-19(6-2,20-10-12-24-13-11-20)18(21)15-7-8-16(22-3)17(14-15)23-4/h5,7-8,14H,1,6,9-13H2,2-4H3. The van der Waals surface area contributed by atoms with Crippen molar-refractivity contribution in [1.29, 1.82) is 0 Å². The topological polar surface area (TPSA) is 48.0 Å². The average Bonchev–Trinajstić information content (AvgIpc) is 2.65. The molecule has 132 valence electrons. The molecule has 5 heteroatoms. The van der Waals surface area contributed by atoms with Gasteiger partial charge in [0.05, 0.1) is 33.0 Å². The minimum atomic E-state index is -0.592. The van der Waals surface area contributed by atoms with Gasteiger partial charge in [-0.25, -0.2) is 0 Å². The molecule has 0 aliphatic carbocycles. The van der Waals surface area contributed by atoms with Crippen molar-refractivity contribution in [1.82, 2.24) is 4.90 Å². The minimum absolute atomic E-state index is 0.0905. The first kappa shape index (κ1) is 18.5. The van der Waals surface area contributed by atoms with E-state index in [9.17, 15) is 4.79 Å². The van der Waals surface area contributed by atoms with Gasteiger partial charge in [0.25, 0.3) is 0 Å². The Bertz CT molecular complexity index is 581. The normalized spacial score (nSPS) is 17.8. The molecule has 1 aliphatic rings. The largest absolute Gasteiger partial charge is 0.493 e. The van der Waals surface area contributed by atoms with Crippen LogP contribution in [0.5, 0.6) is 11.5 Å². The zero-order valence-electron chi connectivity index (χ0n) is 14.8. The summed E-state index contributed by atoms with van der Waals surface area (Å²) in [5.74, 6) is 1.27. The van der Waals surface area contributed by atoms with Crippen molar-refractivity contribution in [2.75, 3.05) is 40.5 Å². The maximum Gasteiger partial charge on any atom is 0.183 e. The molecule has 0 bridgehead atoms. The lowest BCUT2D eigenvalue weighted by molar-refractivity contribution is -0.0154. The van der Waals surface area contributed by atoms with Gasteiger partial charge in [-0.05, 0) is 31.0 Å². The Kier molecular flexibility index (Phi) is 6.40. The lowest BCUT2D eigenvalue weighted by Crippen LogP contribution is -2.57. The van der Waals surface area contributed by atoms with E-state index in [4.69, 9.17) is 14.2 Å². The molecule has 0 saturated carbocycles. The van der Waals surface area contributed by atoms with E-state index in [1.54, 1.807) is 32.4 Å². The molecule has 0 N–H and O–H groups in total. The predicted molar refractivity (Wildman–Crippen MR) is 94.1 cm³/mol. The Morgan fingerprint density at radius 2 is 1.96 bits per heavy atom. The maximum atomic E-state index is 13.4. The lowest BCUT2D eigenvalue weighted by atomic mass is 9.81. The van der Waals surface area contributed by atoms with Crippen LogP contribution in [0.25, 0.3) is 0 Å². The molecule has 1 aliphatic heterocycles. The molecule has 1 heterocycles. The Morgan fingerprint density at radius 3 is 2.50 bits per heavy atom. The van der Waals surface area contributed by atoms with Gasteiger partial charge in [-0.3, -0.25) is 9.69 Å². The number of carbonyl (C=O) groups is 1. The third-order valence-corrected chi connectivity index (χ3v) is 4.75. The highest BCUT2D eigenvalue weighted by Crippen LogP contribution is 2.34. The number of carbonyl (C=O) groups excluding carboxylic acids is 1. The van der Waals surface area contributed by atoms with E-state index in [-0.39, 0.29) is 5.78 Å². The second-order valence-corrected chi connectivity index (χ2v) is 5.88. The van der Waals surface area contributed by atoms with E-state index in [0.29, 0.717) is 43.1 Å². The Labute approximate surface area is 144 Å². The van der Waals surface area contributed by atoms with Crippen LogP contribution >= 0.6 is 0 Å². The fraction of sp³-hybridized carbons (Fsp3) is 0.526. The zero-order chi connectivity index (χ0) is 17.6. The van der Waals surface area contributed by atoms with Crippen molar-refractivity contribution in [3.63, 3.8) is 0 Å². The summed E-state index contributed by atoms with van der Waals surface area (Å²) in [6.07, 6.45) is 3.15. The van der Waals surface area contributed by atoms with Gasteiger partial charge < -0.3 is 14.2 Å². The molecule has 1 atom stereocenters. The van der Waals surface area contributed by atoms with E-state index >= 15 is 0 Å². The van der Waals surface area contributed by atoms with Gasteiger partial charge in [0.1, 0.15) is 0 Å². The Hall–Kier alpha value is -1.85. The summed E-state index contributed by atoms with van der Waals surface area (Å²) in [5.41, 5.74) is 0.0355. The third-order valence-electron chi connectivity index (χ3n) is 4.75. The molecule has 0 spiro atoms. The van der Waals surface area contributed by atoms with E-state index in [0.717, 1.165) is 13.1 Å². The van der Waals surface area contributed by atoms with Crippen molar-refractivity contribution in [2.45, 2.75) is 25.3 Å². The number of ether oxygens (including phenoxy) is 3. The van der Waals surface area contributed by atoms with Gasteiger partial charge >= 0.3 is 0 Å². The van der Waals surface area contributed by atoms with Crippen LogP contribution in [0.1, 0.15) is 30.1 Å². The first-order valence-corrected chi connectivity index (χ1v) is 8.33. The van der Waals surface area contributed by atoms with Crippen molar-refractivity contribution in [2.24, 2.45) is 0 Å². The average molecular weight is 333 g/mol. The number of benzene rings is 1. The van der Waals surface area contributed by atoms with E-state index in [1.165, 1.54) is 0 Å². The van der Waals surface area contributed by atoms with Gasteiger partial charge in [0.2, 0.25) is 0 Å². The summed E-state index contributed by atoms with van der Waals surface area (Å²) in [6, 6.07) is 5.34. The SMILES string of the molecule is C=CCC(CC)(C(=O)c1ccc(OC)c(OC)c1)N1CCOCC1. The van der Waals surface area contributed by atoms with Crippen LogP contribution in [0, 0.1) is 0 Å². The van der Waals surface area contributed by atoms with Crippen molar-refractivity contribution >= 4 is 5.78 Å². The molecule has 0 aromatic heterocycles. The number of hydrogen-bond acceptors (Lipinski definition) is 5. The summed E-state index contributed by atoms with van der Waals surface area (Å²) < 4.78 is 16.1. The Morgan fingerprint density at radius 1 is 1.29 bits per heavy atom. The van der Waals surface area contributed by atoms with Gasteiger partial charge in [-0.1, -0.05) is 13.0 Å². The van der Waals surface area contributed by atoms with Crippen LogP contribution in [0.2, 0.25) is 0 Å². The van der Waals surface area contributed by atoms with Crippen molar-refractivity contribution in [3.8, 4) is 11.5 Å². The highest BCUT2D eigenvalue weighted by molar-refractivity contribution is 6.03. The second-order valence-electron chi connectivity index (χ2n) is 5.88. The summed E-state index contributed by atoms with van der Waals surface area (Å²) in [6.45, 7) is 8.73. The van der Waals surface area contributed by atoms with Crippen LogP contribution in [0.15, 0.2) is 30.9 Å². The highest BCUT2D eigenvalue weighted by atomic mass is 16.5. The summed E-state index contributed by atoms with van der Waals surface area (Å²) >= 11 is 0. The van der Waals surface area contributed by atoms with Crippen LogP contribution in [0.4, 0.5) is 0 Å². The molecule has 2 rings (SSSR count). The van der Waals surface area contributed by atoms with Gasteiger partial charge in [0.15, 0.2) is 17.3 Å². The number of rotatable bonds is 8. The van der Waals surface area contributed by atoms with Crippen LogP contribution in [0.3, 0.4) is 0 Å².